The van der Waals surface area contributed by atoms with Crippen LogP contribution < -0.4 is 4.90 Å². The van der Waals surface area contributed by atoms with Crippen LogP contribution >= 0.6 is 0 Å². The smallest absolute Gasteiger partial charge is 0.0619 e. The van der Waals surface area contributed by atoms with Gasteiger partial charge in [0, 0.05) is 38.9 Å². The van der Waals surface area contributed by atoms with Crippen molar-refractivity contribution in [1.29, 1.82) is 0 Å². The number of benzene rings is 9. The van der Waals surface area contributed by atoms with Crippen molar-refractivity contribution in [2.75, 3.05) is 4.90 Å². The van der Waals surface area contributed by atoms with Crippen molar-refractivity contribution in [2.24, 2.45) is 0 Å². The van der Waals surface area contributed by atoms with Crippen molar-refractivity contribution in [3.8, 4) is 39.1 Å². The summed E-state index contributed by atoms with van der Waals surface area (Å²) in [7, 11) is 0. The van der Waals surface area contributed by atoms with Crippen LogP contribution in [0.2, 0.25) is 0 Å². The molecule has 10 aromatic rings. The van der Waals surface area contributed by atoms with Crippen LogP contribution in [-0.4, -0.2) is 4.57 Å². The molecule has 0 bridgehead atoms. The molecule has 0 spiro atoms. The third-order valence-electron chi connectivity index (χ3n) is 10.6. The fraction of sp³-hybridized carbons (Fsp3) is 0. The molecule has 254 valence electrons. The summed E-state index contributed by atoms with van der Waals surface area (Å²) in [4.78, 5) is 2.32. The lowest BCUT2D eigenvalue weighted by atomic mass is 9.99. The number of hydrogen-bond donors (Lipinski definition) is 0. The van der Waals surface area contributed by atoms with E-state index in [4.69, 9.17) is 0 Å². The molecule has 0 unspecified atom stereocenters. The Morgan fingerprint density at radius 2 is 0.778 bits per heavy atom. The number of para-hydroxylation sites is 2. The third-order valence-corrected chi connectivity index (χ3v) is 10.6. The second-order valence-electron chi connectivity index (χ2n) is 13.8. The molecule has 54 heavy (non-hydrogen) atoms. The van der Waals surface area contributed by atoms with Crippen LogP contribution in [0.25, 0.3) is 71.6 Å². The molecule has 0 fully saturated rings. The van der Waals surface area contributed by atoms with Crippen molar-refractivity contribution in [3.05, 3.63) is 218 Å². The largest absolute Gasteiger partial charge is 0.311 e. The van der Waals surface area contributed by atoms with E-state index >= 15 is 0 Å². The molecule has 10 rings (SSSR count). The van der Waals surface area contributed by atoms with Crippen LogP contribution in [-0.2, 0) is 0 Å². The summed E-state index contributed by atoms with van der Waals surface area (Å²) < 4.78 is 2.42. The van der Waals surface area contributed by atoms with E-state index in [1.807, 2.05) is 0 Å². The Kier molecular flexibility index (Phi) is 7.85. The number of anilines is 3. The Bertz CT molecular complexity index is 2890. The average molecular weight is 689 g/mol. The van der Waals surface area contributed by atoms with Gasteiger partial charge < -0.3 is 9.47 Å². The van der Waals surface area contributed by atoms with Crippen molar-refractivity contribution in [1.82, 2.24) is 4.57 Å². The Morgan fingerprint density at radius 3 is 1.44 bits per heavy atom. The first kappa shape index (κ1) is 31.6. The first-order chi connectivity index (χ1) is 26.8. The van der Waals surface area contributed by atoms with E-state index in [0.29, 0.717) is 0 Å². The molecule has 0 aliphatic carbocycles. The summed E-state index contributed by atoms with van der Waals surface area (Å²) in [5, 5.41) is 5.06. The standard InChI is InChI=1S/C52H36N2/c1-3-12-37(13-4-1)42-15-11-16-43(36-42)40-26-31-46(32-27-40)53(44-17-5-2-6-18-44)45-29-22-38(23-30-45)39-24-33-47(34-25-39)54-51-21-10-9-20-49(51)50-35-28-41-14-7-8-19-48(41)52(50)54/h1-36H. The van der Waals surface area contributed by atoms with Gasteiger partial charge in [-0.3, -0.25) is 0 Å². The van der Waals surface area contributed by atoms with E-state index in [9.17, 15) is 0 Å². The maximum Gasteiger partial charge on any atom is 0.0619 e. The van der Waals surface area contributed by atoms with Gasteiger partial charge in [-0.1, -0.05) is 158 Å². The van der Waals surface area contributed by atoms with E-state index in [1.54, 1.807) is 0 Å². The van der Waals surface area contributed by atoms with Gasteiger partial charge in [-0.05, 0) is 99.4 Å². The minimum absolute atomic E-state index is 1.11. The number of rotatable bonds is 7. The molecule has 0 radical (unpaired) electrons. The second-order valence-corrected chi connectivity index (χ2v) is 13.8. The molecular formula is C52H36N2. The Labute approximate surface area is 315 Å². The number of fused-ring (bicyclic) bond motifs is 5. The maximum atomic E-state index is 2.42. The summed E-state index contributed by atoms with van der Waals surface area (Å²) in [5.41, 5.74) is 14.2. The molecule has 1 heterocycles. The van der Waals surface area contributed by atoms with Crippen LogP contribution in [0.3, 0.4) is 0 Å². The van der Waals surface area contributed by atoms with E-state index in [0.717, 1.165) is 22.7 Å². The number of nitrogens with zero attached hydrogens (tertiary/aromatic N) is 2. The van der Waals surface area contributed by atoms with E-state index in [2.05, 4.69) is 228 Å². The first-order valence-corrected chi connectivity index (χ1v) is 18.5. The molecule has 2 heteroatoms. The van der Waals surface area contributed by atoms with Crippen LogP contribution in [0.1, 0.15) is 0 Å². The highest BCUT2D eigenvalue weighted by Crippen LogP contribution is 2.39. The highest BCUT2D eigenvalue weighted by Gasteiger charge is 2.16. The Morgan fingerprint density at radius 1 is 0.296 bits per heavy atom. The van der Waals surface area contributed by atoms with Crippen molar-refractivity contribution in [3.63, 3.8) is 0 Å². The van der Waals surface area contributed by atoms with Gasteiger partial charge >= 0.3 is 0 Å². The third kappa shape index (κ3) is 5.62. The van der Waals surface area contributed by atoms with Gasteiger partial charge in [0.15, 0.2) is 0 Å². The molecule has 0 N–H and O–H groups in total. The SMILES string of the molecule is c1ccc(-c2cccc(-c3ccc(N(c4ccccc4)c4ccc(-c5ccc(-n6c7ccccc7c7ccc8ccccc8c76)cc5)cc4)cc3)c2)cc1. The summed E-state index contributed by atoms with van der Waals surface area (Å²) in [5.74, 6) is 0. The molecule has 0 aliphatic heterocycles. The van der Waals surface area contributed by atoms with Crippen LogP contribution in [0, 0.1) is 0 Å². The first-order valence-electron chi connectivity index (χ1n) is 18.5. The lowest BCUT2D eigenvalue weighted by Gasteiger charge is -2.26. The van der Waals surface area contributed by atoms with Crippen molar-refractivity contribution in [2.45, 2.75) is 0 Å². The zero-order valence-corrected chi connectivity index (χ0v) is 29.7. The highest BCUT2D eigenvalue weighted by atomic mass is 15.1. The van der Waals surface area contributed by atoms with Crippen molar-refractivity contribution < 1.29 is 0 Å². The van der Waals surface area contributed by atoms with Gasteiger partial charge in [-0.2, -0.15) is 0 Å². The summed E-state index contributed by atoms with van der Waals surface area (Å²) >= 11 is 0. The van der Waals surface area contributed by atoms with Crippen LogP contribution in [0.4, 0.5) is 17.1 Å². The summed E-state index contributed by atoms with van der Waals surface area (Å²) in [6, 6.07) is 78.7. The average Bonchev–Trinajstić information content (AvgIpc) is 3.60. The Balaban J connectivity index is 0.972. The van der Waals surface area contributed by atoms with Gasteiger partial charge in [0.1, 0.15) is 0 Å². The normalized spacial score (nSPS) is 11.3. The topological polar surface area (TPSA) is 8.17 Å². The summed E-state index contributed by atoms with van der Waals surface area (Å²) in [6.07, 6.45) is 0. The molecule has 1 aromatic heterocycles. The van der Waals surface area contributed by atoms with Gasteiger partial charge in [0.2, 0.25) is 0 Å². The Hall–Kier alpha value is -7.16. The van der Waals surface area contributed by atoms with Gasteiger partial charge in [-0.15, -0.1) is 0 Å². The molecule has 0 saturated heterocycles. The van der Waals surface area contributed by atoms with E-state index in [1.165, 1.54) is 66.0 Å². The molecular weight excluding hydrogens is 653 g/mol. The molecule has 2 nitrogen and oxygen atoms in total. The van der Waals surface area contributed by atoms with E-state index < -0.39 is 0 Å². The quantitative estimate of drug-likeness (QED) is 0.162. The minimum atomic E-state index is 1.11. The molecule has 0 amide bonds. The minimum Gasteiger partial charge on any atom is -0.311 e. The maximum absolute atomic E-state index is 2.42. The number of aromatic nitrogens is 1. The number of hydrogen-bond acceptors (Lipinski definition) is 1. The fourth-order valence-corrected chi connectivity index (χ4v) is 7.94. The predicted molar refractivity (Wildman–Crippen MR) is 229 cm³/mol. The van der Waals surface area contributed by atoms with Gasteiger partial charge in [0.25, 0.3) is 0 Å². The summed E-state index contributed by atoms with van der Waals surface area (Å²) in [6.45, 7) is 0. The van der Waals surface area contributed by atoms with Gasteiger partial charge in [-0.25, -0.2) is 0 Å². The van der Waals surface area contributed by atoms with Crippen LogP contribution in [0.5, 0.6) is 0 Å². The monoisotopic (exact) mass is 688 g/mol. The lowest BCUT2D eigenvalue weighted by Crippen LogP contribution is -2.09. The molecule has 0 aliphatic rings. The zero-order valence-electron chi connectivity index (χ0n) is 29.7. The molecule has 0 saturated carbocycles. The zero-order chi connectivity index (χ0) is 35.8. The molecule has 9 aromatic carbocycles. The predicted octanol–water partition coefficient (Wildman–Crippen LogP) is 14.4. The lowest BCUT2D eigenvalue weighted by molar-refractivity contribution is 1.19. The molecule has 0 atom stereocenters. The van der Waals surface area contributed by atoms with Crippen molar-refractivity contribution >= 4 is 49.6 Å². The fourth-order valence-electron chi connectivity index (χ4n) is 7.94. The van der Waals surface area contributed by atoms with E-state index in [-0.39, 0.29) is 0 Å². The highest BCUT2D eigenvalue weighted by molar-refractivity contribution is 6.18. The van der Waals surface area contributed by atoms with Gasteiger partial charge in [0.05, 0.1) is 11.0 Å². The van der Waals surface area contributed by atoms with Crippen LogP contribution in [0.15, 0.2) is 218 Å². The second kappa shape index (κ2) is 13.4.